The normalized spacial score (nSPS) is 21.3. The molecule has 146 valence electrons. The second kappa shape index (κ2) is 7.17. The molecule has 0 amide bonds. The van der Waals surface area contributed by atoms with Gasteiger partial charge in [0.1, 0.15) is 5.75 Å². The summed E-state index contributed by atoms with van der Waals surface area (Å²) in [5.74, 6) is 1.13. The lowest BCUT2D eigenvalue weighted by Crippen LogP contribution is -2.30. The highest BCUT2D eigenvalue weighted by Gasteiger charge is 2.34. The summed E-state index contributed by atoms with van der Waals surface area (Å²) in [4.78, 5) is 4.22. The van der Waals surface area contributed by atoms with Gasteiger partial charge >= 0.3 is 6.18 Å². The first-order valence-electron chi connectivity index (χ1n) is 9.39. The van der Waals surface area contributed by atoms with E-state index in [4.69, 9.17) is 4.74 Å². The maximum atomic E-state index is 13.5. The van der Waals surface area contributed by atoms with Gasteiger partial charge < -0.3 is 4.74 Å². The molecule has 1 aromatic heterocycles. The van der Waals surface area contributed by atoms with Crippen LogP contribution in [0, 0.1) is 11.3 Å². The molecule has 0 spiro atoms. The molecule has 1 heterocycles. The molecule has 27 heavy (non-hydrogen) atoms. The molecule has 1 saturated carbocycles. The lowest BCUT2D eigenvalue weighted by Gasteiger charge is -2.37. The van der Waals surface area contributed by atoms with Crippen LogP contribution in [0.2, 0.25) is 0 Å². The molecule has 2 aromatic rings. The largest absolute Gasteiger partial charge is 0.490 e. The van der Waals surface area contributed by atoms with Crippen LogP contribution in [-0.2, 0) is 6.18 Å². The van der Waals surface area contributed by atoms with Crippen molar-refractivity contribution in [3.8, 4) is 5.75 Å². The molecule has 1 aliphatic rings. The minimum absolute atomic E-state index is 0.0517. The lowest BCUT2D eigenvalue weighted by atomic mass is 9.72. The van der Waals surface area contributed by atoms with E-state index in [9.17, 15) is 13.2 Å². The van der Waals surface area contributed by atoms with Crippen LogP contribution in [0.1, 0.15) is 57.7 Å². The molecule has 0 unspecified atom stereocenters. The van der Waals surface area contributed by atoms with E-state index in [0.717, 1.165) is 31.7 Å². The molecule has 0 bridgehead atoms. The second-order valence-corrected chi connectivity index (χ2v) is 8.43. The van der Waals surface area contributed by atoms with Gasteiger partial charge in [-0.1, -0.05) is 27.4 Å². The Bertz CT molecular complexity index is 828. The molecule has 1 fully saturated rings. The topological polar surface area (TPSA) is 22.1 Å². The Hall–Kier alpha value is -2.04. The predicted octanol–water partition coefficient (Wildman–Crippen LogP) is 6.88. The highest BCUT2D eigenvalue weighted by molar-refractivity contribution is 5.85. The van der Waals surface area contributed by atoms with Crippen LogP contribution in [0.25, 0.3) is 17.0 Å². The van der Waals surface area contributed by atoms with Crippen molar-refractivity contribution in [2.24, 2.45) is 11.3 Å². The van der Waals surface area contributed by atoms with Crippen molar-refractivity contribution in [3.63, 3.8) is 0 Å². The smallest absolute Gasteiger partial charge is 0.417 e. The number of hydrogen-bond donors (Lipinski definition) is 0. The van der Waals surface area contributed by atoms with Gasteiger partial charge in [-0.05, 0) is 67.4 Å². The van der Waals surface area contributed by atoms with Crippen molar-refractivity contribution in [1.29, 1.82) is 0 Å². The zero-order chi connectivity index (χ0) is 19.8. The molecule has 5 heteroatoms. The Kier molecular flexibility index (Phi) is 5.24. The van der Waals surface area contributed by atoms with E-state index in [0.29, 0.717) is 17.2 Å². The van der Waals surface area contributed by atoms with Gasteiger partial charge in [0.2, 0.25) is 0 Å². The Labute approximate surface area is 158 Å². The third kappa shape index (κ3) is 4.45. The minimum atomic E-state index is -4.46. The molecule has 0 aliphatic heterocycles. The Morgan fingerprint density at radius 1 is 1.07 bits per heavy atom. The molecule has 1 aliphatic carbocycles. The number of nitrogens with zero attached hydrogens (tertiary/aromatic N) is 1. The summed E-state index contributed by atoms with van der Waals surface area (Å²) in [7, 11) is 0. The SMILES string of the molecule is C=Cc1cc(C(F)(F)F)c2cc(O[C@H]3CC[C@H](C(C)(C)C)CC3)ccc2n1. The summed E-state index contributed by atoms with van der Waals surface area (Å²) in [5, 5.41) is 0.0639. The maximum Gasteiger partial charge on any atom is 0.417 e. The molecule has 0 radical (unpaired) electrons. The zero-order valence-electron chi connectivity index (χ0n) is 16.1. The Morgan fingerprint density at radius 2 is 1.74 bits per heavy atom. The number of halogens is 3. The molecule has 2 nitrogen and oxygen atoms in total. The first-order chi connectivity index (χ1) is 12.6. The summed E-state index contributed by atoms with van der Waals surface area (Å²) in [6, 6.07) is 5.80. The number of fused-ring (bicyclic) bond motifs is 1. The average molecular weight is 377 g/mol. The van der Waals surface area contributed by atoms with Crippen LogP contribution in [0.15, 0.2) is 30.8 Å². The van der Waals surface area contributed by atoms with Gasteiger partial charge in [0, 0.05) is 5.39 Å². The van der Waals surface area contributed by atoms with E-state index in [1.807, 2.05) is 0 Å². The van der Waals surface area contributed by atoms with Crippen molar-refractivity contribution in [2.75, 3.05) is 0 Å². The lowest BCUT2D eigenvalue weighted by molar-refractivity contribution is -0.136. The van der Waals surface area contributed by atoms with Crippen molar-refractivity contribution < 1.29 is 17.9 Å². The van der Waals surface area contributed by atoms with Crippen molar-refractivity contribution in [2.45, 2.75) is 58.7 Å². The van der Waals surface area contributed by atoms with Crippen LogP contribution in [-0.4, -0.2) is 11.1 Å². The zero-order valence-corrected chi connectivity index (χ0v) is 16.1. The molecule has 0 saturated heterocycles. The maximum absolute atomic E-state index is 13.5. The highest BCUT2D eigenvalue weighted by atomic mass is 19.4. The summed E-state index contributed by atoms with van der Waals surface area (Å²) in [6.45, 7) is 10.3. The molecule has 0 atom stereocenters. The molecular formula is C22H26F3NO. The van der Waals surface area contributed by atoms with Gasteiger partial charge in [-0.15, -0.1) is 0 Å². The van der Waals surface area contributed by atoms with E-state index in [1.54, 1.807) is 12.1 Å². The van der Waals surface area contributed by atoms with Gasteiger partial charge in [0.15, 0.2) is 0 Å². The van der Waals surface area contributed by atoms with Gasteiger partial charge in [-0.3, -0.25) is 0 Å². The quantitative estimate of drug-likeness (QED) is 0.581. The highest BCUT2D eigenvalue weighted by Crippen LogP contribution is 2.40. The van der Waals surface area contributed by atoms with E-state index >= 15 is 0 Å². The number of benzene rings is 1. The van der Waals surface area contributed by atoms with Crippen LogP contribution in [0.4, 0.5) is 13.2 Å². The van der Waals surface area contributed by atoms with Crippen LogP contribution in [0.3, 0.4) is 0 Å². The first kappa shape index (κ1) is 19.7. The summed E-state index contributed by atoms with van der Waals surface area (Å²) >= 11 is 0. The number of rotatable bonds is 3. The van der Waals surface area contributed by atoms with Gasteiger partial charge in [0.25, 0.3) is 0 Å². The van der Waals surface area contributed by atoms with E-state index in [-0.39, 0.29) is 22.6 Å². The first-order valence-corrected chi connectivity index (χ1v) is 9.39. The van der Waals surface area contributed by atoms with Crippen LogP contribution >= 0.6 is 0 Å². The fourth-order valence-corrected chi connectivity index (χ4v) is 3.88. The number of alkyl halides is 3. The predicted molar refractivity (Wildman–Crippen MR) is 103 cm³/mol. The monoisotopic (exact) mass is 377 g/mol. The number of hydrogen-bond acceptors (Lipinski definition) is 2. The minimum Gasteiger partial charge on any atom is -0.490 e. The van der Waals surface area contributed by atoms with Crippen LogP contribution in [0.5, 0.6) is 5.75 Å². The van der Waals surface area contributed by atoms with Gasteiger partial charge in [-0.25, -0.2) is 4.98 Å². The second-order valence-electron chi connectivity index (χ2n) is 8.43. The molecule has 0 N–H and O–H groups in total. The van der Waals surface area contributed by atoms with Crippen molar-refractivity contribution in [3.05, 3.63) is 42.1 Å². The third-order valence-corrected chi connectivity index (χ3v) is 5.52. The van der Waals surface area contributed by atoms with E-state index in [1.165, 1.54) is 12.1 Å². The van der Waals surface area contributed by atoms with Crippen molar-refractivity contribution >= 4 is 17.0 Å². The summed E-state index contributed by atoms with van der Waals surface area (Å²) in [6.07, 6.45) is 0.949. The fraction of sp³-hybridized carbons (Fsp3) is 0.500. The van der Waals surface area contributed by atoms with Crippen LogP contribution < -0.4 is 4.74 Å². The van der Waals surface area contributed by atoms with E-state index < -0.39 is 11.7 Å². The molecular weight excluding hydrogens is 351 g/mol. The molecule has 3 rings (SSSR count). The average Bonchev–Trinajstić information content (AvgIpc) is 2.59. The summed E-state index contributed by atoms with van der Waals surface area (Å²) in [5.41, 5.74) is 0.0844. The number of ether oxygens (including phenoxy) is 1. The van der Waals surface area contributed by atoms with Gasteiger partial charge in [0.05, 0.1) is 22.9 Å². The molecule has 1 aromatic carbocycles. The van der Waals surface area contributed by atoms with Crippen molar-refractivity contribution in [1.82, 2.24) is 4.98 Å². The Balaban J connectivity index is 1.84. The Morgan fingerprint density at radius 3 is 2.30 bits per heavy atom. The van der Waals surface area contributed by atoms with Gasteiger partial charge in [-0.2, -0.15) is 13.2 Å². The standard InChI is InChI=1S/C22H26F3NO/c1-5-15-12-19(22(23,24)25)18-13-17(10-11-20(18)26-15)27-16-8-6-14(7-9-16)21(2,3)4/h5,10-14,16H,1,6-9H2,2-4H3/t14-,16-. The number of pyridine rings is 1. The summed E-state index contributed by atoms with van der Waals surface area (Å²) < 4.78 is 46.5. The number of aromatic nitrogens is 1. The fourth-order valence-electron chi connectivity index (χ4n) is 3.88. The third-order valence-electron chi connectivity index (χ3n) is 5.52. The van der Waals surface area contributed by atoms with E-state index in [2.05, 4.69) is 32.3 Å².